The standard InChI is InChI=1S/C18H23FN4O4S/c1-3-28(25,26)12-20-6-7-27-17-9-14(19)8-16(10-17)23-18(24)22-15-5-4-13(2)21-11-15/h4-5,8-11,20H,3,6-7,12H2,1-2H3,(H2,22,23,24). The van der Waals surface area contributed by atoms with Crippen LogP contribution in [0.5, 0.6) is 5.75 Å². The number of amides is 2. The average Bonchev–Trinajstić information content (AvgIpc) is 2.63. The SMILES string of the molecule is CCS(=O)(=O)CNCCOc1cc(F)cc(NC(=O)Nc2ccc(C)nc2)c1. The molecule has 0 bridgehead atoms. The molecule has 2 amide bonds. The van der Waals surface area contributed by atoms with Crippen LogP contribution in [0.2, 0.25) is 0 Å². The van der Waals surface area contributed by atoms with E-state index in [1.807, 2.05) is 6.92 Å². The van der Waals surface area contributed by atoms with E-state index in [1.54, 1.807) is 19.1 Å². The zero-order valence-electron chi connectivity index (χ0n) is 15.7. The molecule has 2 rings (SSSR count). The monoisotopic (exact) mass is 410 g/mol. The lowest BCUT2D eigenvalue weighted by molar-refractivity contribution is 0.262. The Morgan fingerprint density at radius 1 is 1.18 bits per heavy atom. The van der Waals surface area contributed by atoms with Crippen molar-refractivity contribution in [3.05, 3.63) is 48.0 Å². The molecule has 0 unspecified atom stereocenters. The van der Waals surface area contributed by atoms with Gasteiger partial charge in [-0.1, -0.05) is 6.92 Å². The summed E-state index contributed by atoms with van der Waals surface area (Å²) in [6.45, 7) is 3.82. The second-order valence-electron chi connectivity index (χ2n) is 5.97. The highest BCUT2D eigenvalue weighted by Crippen LogP contribution is 2.20. The molecule has 0 atom stereocenters. The highest BCUT2D eigenvalue weighted by atomic mass is 32.2. The van der Waals surface area contributed by atoms with Gasteiger partial charge in [0.2, 0.25) is 0 Å². The highest BCUT2D eigenvalue weighted by molar-refractivity contribution is 7.91. The van der Waals surface area contributed by atoms with Crippen molar-refractivity contribution in [2.24, 2.45) is 0 Å². The van der Waals surface area contributed by atoms with Crippen LogP contribution >= 0.6 is 0 Å². The fraction of sp³-hybridized carbons (Fsp3) is 0.333. The third-order valence-electron chi connectivity index (χ3n) is 3.61. The number of anilines is 2. The minimum atomic E-state index is -3.11. The molecule has 0 spiro atoms. The van der Waals surface area contributed by atoms with Crippen LogP contribution in [-0.2, 0) is 9.84 Å². The highest BCUT2D eigenvalue weighted by Gasteiger charge is 2.08. The first kappa shape index (κ1) is 21.6. The van der Waals surface area contributed by atoms with Crippen molar-refractivity contribution in [3.8, 4) is 5.75 Å². The Labute approximate surface area is 163 Å². The molecule has 152 valence electrons. The van der Waals surface area contributed by atoms with E-state index in [0.29, 0.717) is 5.69 Å². The Morgan fingerprint density at radius 2 is 1.93 bits per heavy atom. The van der Waals surface area contributed by atoms with E-state index in [2.05, 4.69) is 20.9 Å². The summed E-state index contributed by atoms with van der Waals surface area (Å²) in [7, 11) is -3.11. The number of sulfone groups is 1. The van der Waals surface area contributed by atoms with Crippen LogP contribution in [0.4, 0.5) is 20.6 Å². The summed E-state index contributed by atoms with van der Waals surface area (Å²) in [5.74, 6) is -0.448. The molecule has 28 heavy (non-hydrogen) atoms. The molecule has 0 radical (unpaired) electrons. The Hall–Kier alpha value is -2.72. The van der Waals surface area contributed by atoms with Crippen molar-refractivity contribution in [2.75, 3.05) is 35.4 Å². The minimum Gasteiger partial charge on any atom is -0.492 e. The van der Waals surface area contributed by atoms with Crippen molar-refractivity contribution in [3.63, 3.8) is 0 Å². The number of pyridine rings is 1. The van der Waals surface area contributed by atoms with Gasteiger partial charge in [0, 0.05) is 35.8 Å². The third-order valence-corrected chi connectivity index (χ3v) is 5.13. The number of nitrogens with zero attached hydrogens (tertiary/aromatic N) is 1. The van der Waals surface area contributed by atoms with Gasteiger partial charge in [0.1, 0.15) is 18.2 Å². The van der Waals surface area contributed by atoms with Crippen LogP contribution in [0.3, 0.4) is 0 Å². The third kappa shape index (κ3) is 7.49. The summed E-state index contributed by atoms with van der Waals surface area (Å²) in [4.78, 5) is 16.1. The maximum atomic E-state index is 13.8. The Balaban J connectivity index is 1.86. The summed E-state index contributed by atoms with van der Waals surface area (Å²) in [5.41, 5.74) is 1.54. The lowest BCUT2D eigenvalue weighted by Gasteiger charge is -2.11. The lowest BCUT2D eigenvalue weighted by Crippen LogP contribution is -2.28. The normalized spacial score (nSPS) is 11.1. The largest absolute Gasteiger partial charge is 0.492 e. The first-order valence-corrected chi connectivity index (χ1v) is 10.4. The van der Waals surface area contributed by atoms with Crippen molar-refractivity contribution >= 4 is 27.2 Å². The molecule has 10 heteroatoms. The van der Waals surface area contributed by atoms with E-state index < -0.39 is 21.7 Å². The molecule has 0 saturated carbocycles. The van der Waals surface area contributed by atoms with Crippen molar-refractivity contribution in [2.45, 2.75) is 13.8 Å². The number of aromatic nitrogens is 1. The predicted molar refractivity (Wildman–Crippen MR) is 106 cm³/mol. The number of hydrogen-bond acceptors (Lipinski definition) is 6. The molecule has 0 aliphatic rings. The van der Waals surface area contributed by atoms with Crippen LogP contribution in [0, 0.1) is 12.7 Å². The fourth-order valence-corrected chi connectivity index (χ4v) is 2.78. The summed E-state index contributed by atoms with van der Waals surface area (Å²) < 4.78 is 41.9. The van der Waals surface area contributed by atoms with Crippen LogP contribution < -0.4 is 20.7 Å². The van der Waals surface area contributed by atoms with Crippen LogP contribution in [0.15, 0.2) is 36.5 Å². The molecule has 0 fully saturated rings. The number of aryl methyl sites for hydroxylation is 1. The van der Waals surface area contributed by atoms with Gasteiger partial charge in [-0.05, 0) is 25.1 Å². The van der Waals surface area contributed by atoms with Crippen molar-refractivity contribution in [1.29, 1.82) is 0 Å². The molecule has 1 aromatic heterocycles. The molecule has 1 heterocycles. The summed E-state index contributed by atoms with van der Waals surface area (Å²) >= 11 is 0. The van der Waals surface area contributed by atoms with E-state index in [0.717, 1.165) is 11.8 Å². The molecule has 2 aromatic rings. The number of halogens is 1. The number of nitrogens with one attached hydrogen (secondary N) is 3. The van der Waals surface area contributed by atoms with Gasteiger partial charge in [0.05, 0.1) is 17.8 Å². The van der Waals surface area contributed by atoms with Gasteiger partial charge in [-0.15, -0.1) is 0 Å². The number of ether oxygens (including phenoxy) is 1. The van der Waals surface area contributed by atoms with E-state index >= 15 is 0 Å². The molecule has 1 aromatic carbocycles. The van der Waals surface area contributed by atoms with Gasteiger partial charge < -0.3 is 20.7 Å². The molecule has 0 saturated heterocycles. The van der Waals surface area contributed by atoms with Gasteiger partial charge in [-0.3, -0.25) is 4.98 Å². The zero-order chi connectivity index (χ0) is 20.6. The summed E-state index contributed by atoms with van der Waals surface area (Å²) in [5, 5.41) is 7.86. The van der Waals surface area contributed by atoms with Crippen LogP contribution in [-0.4, -0.2) is 44.2 Å². The van der Waals surface area contributed by atoms with Gasteiger partial charge in [-0.25, -0.2) is 17.6 Å². The van der Waals surface area contributed by atoms with Gasteiger partial charge in [0.25, 0.3) is 0 Å². The van der Waals surface area contributed by atoms with Gasteiger partial charge >= 0.3 is 6.03 Å². The van der Waals surface area contributed by atoms with Crippen LogP contribution in [0.1, 0.15) is 12.6 Å². The maximum Gasteiger partial charge on any atom is 0.323 e. The topological polar surface area (TPSA) is 109 Å². The maximum absolute atomic E-state index is 13.8. The Kier molecular flexibility index (Phi) is 7.70. The van der Waals surface area contributed by atoms with E-state index in [9.17, 15) is 17.6 Å². The van der Waals surface area contributed by atoms with E-state index in [1.165, 1.54) is 18.3 Å². The molecular weight excluding hydrogens is 387 g/mol. The quantitative estimate of drug-likeness (QED) is 0.548. The number of rotatable bonds is 9. The minimum absolute atomic E-state index is 0.0560. The van der Waals surface area contributed by atoms with E-state index in [-0.39, 0.29) is 36.2 Å². The molecule has 8 nitrogen and oxygen atoms in total. The van der Waals surface area contributed by atoms with Crippen LogP contribution in [0.25, 0.3) is 0 Å². The van der Waals surface area contributed by atoms with E-state index in [4.69, 9.17) is 4.74 Å². The number of carbonyl (C=O) groups excluding carboxylic acids is 1. The Bertz CT molecular complexity index is 904. The summed E-state index contributed by atoms with van der Waals surface area (Å²) in [6, 6.07) is 6.71. The van der Waals surface area contributed by atoms with Crippen molar-refractivity contribution < 1.29 is 22.3 Å². The number of carbonyl (C=O) groups is 1. The first-order chi connectivity index (χ1) is 13.3. The second-order valence-corrected chi connectivity index (χ2v) is 8.32. The smallest absolute Gasteiger partial charge is 0.323 e. The number of benzene rings is 1. The predicted octanol–water partition coefficient (Wildman–Crippen LogP) is 2.53. The molecule has 0 aliphatic carbocycles. The fourth-order valence-electron chi connectivity index (χ4n) is 2.12. The number of hydrogen-bond donors (Lipinski definition) is 3. The summed E-state index contributed by atoms with van der Waals surface area (Å²) in [6.07, 6.45) is 1.51. The molecule has 0 aliphatic heterocycles. The lowest BCUT2D eigenvalue weighted by atomic mass is 10.3. The second kappa shape index (κ2) is 10.00. The zero-order valence-corrected chi connectivity index (χ0v) is 16.5. The van der Waals surface area contributed by atoms with Gasteiger partial charge in [0.15, 0.2) is 9.84 Å². The molecule has 3 N–H and O–H groups in total. The Morgan fingerprint density at radius 3 is 2.61 bits per heavy atom. The molecular formula is C18H23FN4O4S. The first-order valence-electron chi connectivity index (χ1n) is 8.62. The van der Waals surface area contributed by atoms with Crippen molar-refractivity contribution in [1.82, 2.24) is 10.3 Å². The number of urea groups is 1. The average molecular weight is 410 g/mol. The van der Waals surface area contributed by atoms with Gasteiger partial charge in [-0.2, -0.15) is 0 Å².